The Balaban J connectivity index is 1.64. The van der Waals surface area contributed by atoms with E-state index in [4.69, 9.17) is 10.5 Å². The monoisotopic (exact) mass is 415 g/mol. The van der Waals surface area contributed by atoms with E-state index in [1.165, 1.54) is 16.0 Å². The van der Waals surface area contributed by atoms with Gasteiger partial charge in [-0.2, -0.15) is 0 Å². The minimum absolute atomic E-state index is 0.0899. The number of hydrogen-bond donors (Lipinski definition) is 1. The van der Waals surface area contributed by atoms with Gasteiger partial charge in [0.25, 0.3) is 0 Å². The molecule has 0 saturated carbocycles. The van der Waals surface area contributed by atoms with Crippen LogP contribution in [0.15, 0.2) is 32.5 Å². The van der Waals surface area contributed by atoms with Crippen molar-refractivity contribution >= 4 is 43.2 Å². The van der Waals surface area contributed by atoms with E-state index in [1.54, 1.807) is 11.3 Å². The number of halogens is 2. The highest BCUT2D eigenvalue weighted by molar-refractivity contribution is 9.13. The van der Waals surface area contributed by atoms with Crippen LogP contribution in [0.25, 0.3) is 0 Å². The SMILES string of the molecule is NC(CCc1ccc2c(c1)CCO2)c1cc(Br)c(Br)s1. The van der Waals surface area contributed by atoms with Crippen molar-refractivity contribution in [1.82, 2.24) is 0 Å². The molecule has 1 unspecified atom stereocenters. The van der Waals surface area contributed by atoms with Gasteiger partial charge in [0.2, 0.25) is 0 Å². The zero-order valence-electron chi connectivity index (χ0n) is 10.9. The van der Waals surface area contributed by atoms with Crippen molar-refractivity contribution in [3.63, 3.8) is 0 Å². The van der Waals surface area contributed by atoms with Gasteiger partial charge in [-0.25, -0.2) is 0 Å². The van der Waals surface area contributed by atoms with Crippen molar-refractivity contribution in [2.45, 2.75) is 25.3 Å². The van der Waals surface area contributed by atoms with Gasteiger partial charge in [-0.3, -0.25) is 0 Å². The smallest absolute Gasteiger partial charge is 0.122 e. The summed E-state index contributed by atoms with van der Waals surface area (Å²) in [6.45, 7) is 0.815. The maximum absolute atomic E-state index is 6.28. The topological polar surface area (TPSA) is 35.2 Å². The van der Waals surface area contributed by atoms with Crippen LogP contribution in [0, 0.1) is 0 Å². The zero-order valence-corrected chi connectivity index (χ0v) is 14.9. The van der Waals surface area contributed by atoms with Crippen LogP contribution in [0.3, 0.4) is 0 Å². The number of aryl methyl sites for hydroxylation is 1. The number of ether oxygens (including phenoxy) is 1. The molecule has 5 heteroatoms. The third-order valence-electron chi connectivity index (χ3n) is 3.53. The average molecular weight is 417 g/mol. The third kappa shape index (κ3) is 3.11. The molecule has 0 amide bonds. The molecule has 1 atom stereocenters. The van der Waals surface area contributed by atoms with Crippen molar-refractivity contribution in [1.29, 1.82) is 0 Å². The lowest BCUT2D eigenvalue weighted by atomic mass is 10.0. The second-order valence-electron chi connectivity index (χ2n) is 4.96. The molecular weight excluding hydrogens is 402 g/mol. The van der Waals surface area contributed by atoms with Gasteiger partial charge in [0, 0.05) is 21.8 Å². The first-order chi connectivity index (χ1) is 9.63. The van der Waals surface area contributed by atoms with Gasteiger partial charge in [-0.15, -0.1) is 11.3 Å². The second kappa shape index (κ2) is 6.18. The Morgan fingerprint density at radius 2 is 2.15 bits per heavy atom. The number of nitrogens with two attached hydrogens (primary N) is 1. The predicted molar refractivity (Wildman–Crippen MR) is 90.6 cm³/mol. The highest BCUT2D eigenvalue weighted by atomic mass is 79.9. The lowest BCUT2D eigenvalue weighted by Gasteiger charge is -2.10. The summed E-state index contributed by atoms with van der Waals surface area (Å²) in [5, 5.41) is 0. The largest absolute Gasteiger partial charge is 0.493 e. The first kappa shape index (κ1) is 14.6. The summed E-state index contributed by atoms with van der Waals surface area (Å²) in [4.78, 5) is 1.22. The Kier molecular flexibility index (Phi) is 4.50. The fourth-order valence-electron chi connectivity index (χ4n) is 2.41. The van der Waals surface area contributed by atoms with Crippen molar-refractivity contribution < 1.29 is 4.74 Å². The van der Waals surface area contributed by atoms with Crippen molar-refractivity contribution in [2.75, 3.05) is 6.61 Å². The van der Waals surface area contributed by atoms with Crippen LogP contribution in [-0.4, -0.2) is 6.61 Å². The lowest BCUT2D eigenvalue weighted by molar-refractivity contribution is 0.357. The van der Waals surface area contributed by atoms with E-state index < -0.39 is 0 Å². The molecule has 0 saturated heterocycles. The average Bonchev–Trinajstić information content (AvgIpc) is 3.03. The molecule has 1 aromatic carbocycles. The molecule has 20 heavy (non-hydrogen) atoms. The summed E-state index contributed by atoms with van der Waals surface area (Å²) in [5.74, 6) is 1.05. The quantitative estimate of drug-likeness (QED) is 0.773. The Labute approximate surface area is 139 Å². The van der Waals surface area contributed by atoms with Crippen LogP contribution in [-0.2, 0) is 12.8 Å². The summed E-state index contributed by atoms with van der Waals surface area (Å²) in [7, 11) is 0. The van der Waals surface area contributed by atoms with E-state index >= 15 is 0 Å². The van der Waals surface area contributed by atoms with Crippen LogP contribution in [0.2, 0.25) is 0 Å². The maximum atomic E-state index is 6.28. The van der Waals surface area contributed by atoms with Gasteiger partial charge in [0.05, 0.1) is 10.4 Å². The zero-order chi connectivity index (χ0) is 14.1. The Morgan fingerprint density at radius 3 is 2.90 bits per heavy atom. The molecule has 0 radical (unpaired) electrons. The molecule has 0 aliphatic carbocycles. The van der Waals surface area contributed by atoms with E-state index in [-0.39, 0.29) is 6.04 Å². The Morgan fingerprint density at radius 1 is 1.30 bits per heavy atom. The Bertz CT molecular complexity index is 607. The molecule has 106 valence electrons. The Hall–Kier alpha value is -0.360. The van der Waals surface area contributed by atoms with E-state index in [9.17, 15) is 0 Å². The number of thiophene rings is 1. The van der Waals surface area contributed by atoms with E-state index in [0.29, 0.717) is 0 Å². The molecule has 2 nitrogen and oxygen atoms in total. The van der Waals surface area contributed by atoms with E-state index in [0.717, 1.165) is 39.9 Å². The first-order valence-electron chi connectivity index (χ1n) is 6.58. The minimum Gasteiger partial charge on any atom is -0.493 e. The molecule has 0 fully saturated rings. The van der Waals surface area contributed by atoms with Gasteiger partial charge >= 0.3 is 0 Å². The molecule has 2 N–H and O–H groups in total. The lowest BCUT2D eigenvalue weighted by Crippen LogP contribution is -2.09. The second-order valence-corrected chi connectivity index (χ2v) is 8.21. The number of hydrogen-bond acceptors (Lipinski definition) is 3. The predicted octanol–water partition coefficient (Wildman–Crippen LogP) is 4.84. The highest BCUT2D eigenvalue weighted by Gasteiger charge is 2.14. The van der Waals surface area contributed by atoms with Crippen LogP contribution in [0.4, 0.5) is 0 Å². The third-order valence-corrected chi connectivity index (χ3v) is 6.92. The van der Waals surface area contributed by atoms with Crippen LogP contribution >= 0.6 is 43.2 Å². The molecule has 2 aromatic rings. The molecule has 1 aliphatic heterocycles. The van der Waals surface area contributed by atoms with Crippen molar-refractivity contribution in [3.05, 3.63) is 48.5 Å². The molecular formula is C15H15Br2NOS. The van der Waals surface area contributed by atoms with Gasteiger partial charge in [0.1, 0.15) is 5.75 Å². The number of rotatable bonds is 4. The number of benzene rings is 1. The fourth-order valence-corrected chi connectivity index (χ4v) is 4.53. The maximum Gasteiger partial charge on any atom is 0.122 e. The summed E-state index contributed by atoms with van der Waals surface area (Å²) < 4.78 is 7.73. The molecule has 0 spiro atoms. The van der Waals surface area contributed by atoms with Gasteiger partial charge in [0.15, 0.2) is 0 Å². The summed E-state index contributed by atoms with van der Waals surface area (Å²) >= 11 is 8.73. The van der Waals surface area contributed by atoms with Gasteiger partial charge < -0.3 is 10.5 Å². The molecule has 0 bridgehead atoms. The summed E-state index contributed by atoms with van der Waals surface area (Å²) in [6.07, 6.45) is 2.99. The van der Waals surface area contributed by atoms with E-state index in [2.05, 4.69) is 56.1 Å². The first-order valence-corrected chi connectivity index (χ1v) is 8.98. The van der Waals surface area contributed by atoms with Gasteiger partial charge in [-0.05, 0) is 68.0 Å². The van der Waals surface area contributed by atoms with Crippen molar-refractivity contribution in [3.8, 4) is 5.75 Å². The van der Waals surface area contributed by atoms with Crippen LogP contribution < -0.4 is 10.5 Å². The number of fused-ring (bicyclic) bond motifs is 1. The summed E-state index contributed by atoms with van der Waals surface area (Å²) in [6, 6.07) is 8.69. The fraction of sp³-hybridized carbons (Fsp3) is 0.333. The van der Waals surface area contributed by atoms with E-state index in [1.807, 2.05) is 0 Å². The van der Waals surface area contributed by atoms with Crippen molar-refractivity contribution in [2.24, 2.45) is 5.73 Å². The molecule has 1 aromatic heterocycles. The molecule has 2 heterocycles. The minimum atomic E-state index is 0.0899. The normalized spacial score (nSPS) is 14.9. The standard InChI is InChI=1S/C15H15Br2NOS/c16-11-8-14(20-15(11)17)12(18)3-1-9-2-4-13-10(7-9)5-6-19-13/h2,4,7-8,12H,1,3,5-6,18H2. The highest BCUT2D eigenvalue weighted by Crippen LogP contribution is 2.36. The van der Waals surface area contributed by atoms with Crippen LogP contribution in [0.1, 0.15) is 28.5 Å². The molecule has 3 rings (SSSR count). The van der Waals surface area contributed by atoms with Crippen LogP contribution in [0.5, 0.6) is 5.75 Å². The van der Waals surface area contributed by atoms with Gasteiger partial charge in [-0.1, -0.05) is 12.1 Å². The molecule has 1 aliphatic rings. The summed E-state index contributed by atoms with van der Waals surface area (Å²) in [5.41, 5.74) is 8.96.